The normalized spacial score (nSPS) is 15.0. The summed E-state index contributed by atoms with van der Waals surface area (Å²) >= 11 is 0. The fourth-order valence-corrected chi connectivity index (χ4v) is 3.42. The molecular weight excluding hydrogens is 356 g/mol. The lowest BCUT2D eigenvalue weighted by Gasteiger charge is -2.09. The molecule has 1 saturated carbocycles. The molecule has 0 saturated heterocycles. The van der Waals surface area contributed by atoms with Crippen LogP contribution in [0.4, 0.5) is 0 Å². The first kappa shape index (κ1) is 18.4. The van der Waals surface area contributed by atoms with E-state index in [1.807, 2.05) is 32.0 Å². The smallest absolute Gasteiger partial charge is 0.274 e. The molecule has 1 aliphatic carbocycles. The molecule has 0 radical (unpaired) electrons. The lowest BCUT2D eigenvalue weighted by molar-refractivity contribution is 0.0916. The summed E-state index contributed by atoms with van der Waals surface area (Å²) in [5, 5.41) is 16.4. The molecule has 1 fully saturated rings. The minimum absolute atomic E-state index is 0.157. The Hall–Kier alpha value is -2.93. The largest absolute Gasteiger partial charge is 0.394 e. The van der Waals surface area contributed by atoms with Crippen LogP contribution in [-0.4, -0.2) is 38.3 Å². The minimum Gasteiger partial charge on any atom is -0.394 e. The Labute approximate surface area is 162 Å². The van der Waals surface area contributed by atoms with Crippen molar-refractivity contribution in [1.29, 1.82) is 0 Å². The van der Waals surface area contributed by atoms with E-state index in [4.69, 9.17) is 0 Å². The maximum Gasteiger partial charge on any atom is 0.274 e. The van der Waals surface area contributed by atoms with Crippen molar-refractivity contribution in [2.24, 2.45) is 0 Å². The molecule has 0 aliphatic heterocycles. The molecule has 3 N–H and O–H groups in total. The number of aryl methyl sites for hydroxylation is 2. The predicted molar refractivity (Wildman–Crippen MR) is 107 cm³/mol. The van der Waals surface area contributed by atoms with Crippen LogP contribution < -0.4 is 10.9 Å². The third-order valence-electron chi connectivity index (χ3n) is 5.33. The zero-order valence-electron chi connectivity index (χ0n) is 16.2. The summed E-state index contributed by atoms with van der Waals surface area (Å²) in [5.41, 5.74) is 5.01. The van der Waals surface area contributed by atoms with Crippen molar-refractivity contribution in [2.45, 2.75) is 45.6 Å². The van der Waals surface area contributed by atoms with Gasteiger partial charge in [0.05, 0.1) is 18.5 Å². The Kier molecular flexibility index (Phi) is 4.55. The summed E-state index contributed by atoms with van der Waals surface area (Å²) in [4.78, 5) is 28.5. The van der Waals surface area contributed by atoms with Gasteiger partial charge >= 0.3 is 0 Å². The second-order valence-electron chi connectivity index (χ2n) is 7.68. The number of H-pyrrole nitrogens is 1. The number of aliphatic hydroxyl groups is 1. The molecule has 7 nitrogen and oxygen atoms in total. The van der Waals surface area contributed by atoms with E-state index < -0.39 is 0 Å². The van der Waals surface area contributed by atoms with E-state index in [0.717, 1.165) is 24.0 Å². The number of hydrogen-bond donors (Lipinski definition) is 3. The van der Waals surface area contributed by atoms with Gasteiger partial charge in [-0.25, -0.2) is 4.52 Å². The van der Waals surface area contributed by atoms with Crippen LogP contribution in [0.1, 0.15) is 52.9 Å². The zero-order chi connectivity index (χ0) is 20.0. The average Bonchev–Trinajstić information content (AvgIpc) is 3.43. The lowest BCUT2D eigenvalue weighted by Crippen LogP contribution is -2.35. The van der Waals surface area contributed by atoms with Gasteiger partial charge in [-0.15, -0.1) is 0 Å². The van der Waals surface area contributed by atoms with Gasteiger partial charge in [0.2, 0.25) is 0 Å². The number of fused-ring (bicyclic) bond motifs is 1. The van der Waals surface area contributed by atoms with E-state index in [-0.39, 0.29) is 35.7 Å². The highest BCUT2D eigenvalue weighted by Crippen LogP contribution is 2.43. The van der Waals surface area contributed by atoms with Gasteiger partial charge in [0.25, 0.3) is 11.5 Å². The van der Waals surface area contributed by atoms with Crippen LogP contribution in [-0.2, 0) is 0 Å². The van der Waals surface area contributed by atoms with Crippen LogP contribution in [0.25, 0.3) is 16.8 Å². The standard InChI is InChI=1S/C21H24N4O3/c1-11-4-5-15(8-12(11)2)16-9-25-19(21(28)23-16)17(14-6-7-14)18(24-25)20(27)22-13(3)10-26/h4-5,8-9,13-14,26H,6-7,10H2,1-3H3,(H,22,27)(H,23,28). The molecule has 146 valence electrons. The maximum atomic E-state index is 12.9. The molecule has 7 heteroatoms. The van der Waals surface area contributed by atoms with Crippen LogP contribution in [0.3, 0.4) is 0 Å². The van der Waals surface area contributed by atoms with Crippen molar-refractivity contribution >= 4 is 11.4 Å². The number of hydrogen-bond acceptors (Lipinski definition) is 4. The van der Waals surface area contributed by atoms with Crippen molar-refractivity contribution in [3.8, 4) is 11.3 Å². The zero-order valence-corrected chi connectivity index (χ0v) is 16.2. The van der Waals surface area contributed by atoms with E-state index in [9.17, 15) is 14.7 Å². The van der Waals surface area contributed by atoms with Crippen molar-refractivity contribution in [3.63, 3.8) is 0 Å². The molecule has 1 amide bonds. The fourth-order valence-electron chi connectivity index (χ4n) is 3.42. The van der Waals surface area contributed by atoms with Crippen LogP contribution in [0.5, 0.6) is 0 Å². The van der Waals surface area contributed by atoms with Gasteiger partial charge in [-0.3, -0.25) is 9.59 Å². The van der Waals surface area contributed by atoms with Crippen molar-refractivity contribution in [1.82, 2.24) is 19.9 Å². The number of aromatic nitrogens is 3. The summed E-state index contributed by atoms with van der Waals surface area (Å²) in [5.74, 6) is -0.185. The van der Waals surface area contributed by atoms with Crippen molar-refractivity contribution < 1.29 is 9.90 Å². The molecule has 1 atom stereocenters. The number of aromatic amines is 1. The van der Waals surface area contributed by atoms with E-state index >= 15 is 0 Å². The second-order valence-corrected chi connectivity index (χ2v) is 7.68. The summed E-state index contributed by atoms with van der Waals surface area (Å²) < 4.78 is 1.52. The van der Waals surface area contributed by atoms with Gasteiger partial charge in [-0.2, -0.15) is 5.10 Å². The quantitative estimate of drug-likeness (QED) is 0.632. The van der Waals surface area contributed by atoms with Crippen molar-refractivity contribution in [3.05, 3.63) is 57.1 Å². The Morgan fingerprint density at radius 1 is 1.36 bits per heavy atom. The topological polar surface area (TPSA) is 99.5 Å². The number of nitrogens with one attached hydrogen (secondary N) is 2. The molecule has 1 unspecified atom stereocenters. The fraction of sp³-hybridized carbons (Fsp3) is 0.381. The van der Waals surface area contributed by atoms with E-state index in [2.05, 4.69) is 15.4 Å². The molecule has 2 heterocycles. The van der Waals surface area contributed by atoms with Gasteiger partial charge in [-0.05, 0) is 62.3 Å². The Morgan fingerprint density at radius 3 is 2.75 bits per heavy atom. The van der Waals surface area contributed by atoms with E-state index in [0.29, 0.717) is 16.8 Å². The highest BCUT2D eigenvalue weighted by Gasteiger charge is 2.34. The average molecular weight is 380 g/mol. The number of amides is 1. The molecular formula is C21H24N4O3. The number of carbonyl (C=O) groups is 1. The number of carbonyl (C=O) groups excluding carboxylic acids is 1. The third kappa shape index (κ3) is 3.22. The van der Waals surface area contributed by atoms with Crippen LogP contribution in [0.2, 0.25) is 0 Å². The summed E-state index contributed by atoms with van der Waals surface area (Å²) in [7, 11) is 0. The molecule has 28 heavy (non-hydrogen) atoms. The lowest BCUT2D eigenvalue weighted by atomic mass is 10.0. The van der Waals surface area contributed by atoms with Gasteiger partial charge < -0.3 is 15.4 Å². The predicted octanol–water partition coefficient (Wildman–Crippen LogP) is 2.29. The SMILES string of the molecule is Cc1ccc(-c2cn3nc(C(=O)NC(C)CO)c(C4CC4)c3c(=O)[nH]2)cc1C. The Morgan fingerprint density at radius 2 is 2.11 bits per heavy atom. The minimum atomic E-state index is -0.381. The van der Waals surface area contributed by atoms with Crippen LogP contribution in [0.15, 0.2) is 29.2 Å². The van der Waals surface area contributed by atoms with Gasteiger partial charge in [-0.1, -0.05) is 12.1 Å². The second kappa shape index (κ2) is 6.91. The van der Waals surface area contributed by atoms with E-state index in [1.54, 1.807) is 13.1 Å². The monoisotopic (exact) mass is 380 g/mol. The number of benzene rings is 1. The van der Waals surface area contributed by atoms with Crippen molar-refractivity contribution in [2.75, 3.05) is 6.61 Å². The first-order chi connectivity index (χ1) is 13.4. The van der Waals surface area contributed by atoms with Gasteiger partial charge in [0, 0.05) is 11.6 Å². The van der Waals surface area contributed by atoms with Crippen LogP contribution >= 0.6 is 0 Å². The molecule has 1 aliphatic rings. The highest BCUT2D eigenvalue weighted by atomic mass is 16.3. The molecule has 2 aromatic heterocycles. The van der Waals surface area contributed by atoms with Gasteiger partial charge in [0.15, 0.2) is 5.69 Å². The van der Waals surface area contributed by atoms with E-state index in [1.165, 1.54) is 10.1 Å². The van der Waals surface area contributed by atoms with Crippen LogP contribution in [0, 0.1) is 13.8 Å². The molecule has 1 aromatic carbocycles. The summed E-state index contributed by atoms with van der Waals surface area (Å²) in [6.45, 7) is 5.63. The summed E-state index contributed by atoms with van der Waals surface area (Å²) in [6, 6.07) is 5.62. The maximum absolute atomic E-state index is 12.9. The number of rotatable bonds is 5. The molecule has 3 aromatic rings. The Balaban J connectivity index is 1.85. The Bertz CT molecular complexity index is 1120. The molecule has 0 bridgehead atoms. The first-order valence-electron chi connectivity index (χ1n) is 9.54. The third-order valence-corrected chi connectivity index (χ3v) is 5.33. The number of aliphatic hydroxyl groups excluding tert-OH is 1. The first-order valence-corrected chi connectivity index (χ1v) is 9.54. The van der Waals surface area contributed by atoms with Gasteiger partial charge in [0.1, 0.15) is 5.52 Å². The molecule has 0 spiro atoms. The summed E-state index contributed by atoms with van der Waals surface area (Å²) in [6.07, 6.45) is 3.64. The highest BCUT2D eigenvalue weighted by molar-refractivity contribution is 5.96. The molecule has 4 rings (SSSR count). The number of nitrogens with zero attached hydrogens (tertiary/aromatic N) is 2.